The van der Waals surface area contributed by atoms with Gasteiger partial charge >= 0.3 is 0 Å². The van der Waals surface area contributed by atoms with E-state index in [0.717, 1.165) is 53.4 Å². The van der Waals surface area contributed by atoms with Crippen LogP contribution < -0.4 is 10.1 Å². The second-order valence-electron chi connectivity index (χ2n) is 7.22. The Morgan fingerprint density at radius 2 is 2.30 bits per heavy atom. The fourth-order valence-electron chi connectivity index (χ4n) is 3.67. The number of anilines is 1. The van der Waals surface area contributed by atoms with Crippen molar-refractivity contribution in [3.63, 3.8) is 0 Å². The fraction of sp³-hybridized carbons (Fsp3) is 0.333. The molecule has 1 fully saturated rings. The molecule has 6 heteroatoms. The van der Waals surface area contributed by atoms with Crippen molar-refractivity contribution in [3.8, 4) is 5.75 Å². The highest BCUT2D eigenvalue weighted by molar-refractivity contribution is 5.91. The van der Waals surface area contributed by atoms with Gasteiger partial charge in [0.15, 0.2) is 6.17 Å². The molecule has 0 radical (unpaired) electrons. The second-order valence-corrected chi connectivity index (χ2v) is 7.22. The summed E-state index contributed by atoms with van der Waals surface area (Å²) in [5.74, 6) is 1.38. The van der Waals surface area contributed by atoms with E-state index in [-0.39, 0.29) is 6.17 Å². The lowest BCUT2D eigenvalue weighted by Crippen LogP contribution is -2.17. The molecule has 2 unspecified atom stereocenters. The topological polar surface area (TPSA) is 60.2 Å². The van der Waals surface area contributed by atoms with Crippen LogP contribution in [0.5, 0.6) is 5.75 Å². The Morgan fingerprint density at radius 1 is 1.33 bits per heavy atom. The quantitative estimate of drug-likeness (QED) is 0.770. The van der Waals surface area contributed by atoms with E-state index >= 15 is 0 Å². The SMILES string of the molecule is Cc1cc(OCC2CCOC2)cc2c1NC(c1cc3cccn3cn1)N=C2. The van der Waals surface area contributed by atoms with Crippen molar-refractivity contribution in [2.75, 3.05) is 25.1 Å². The molecule has 2 atom stereocenters. The molecule has 2 aromatic heterocycles. The molecule has 3 aromatic rings. The van der Waals surface area contributed by atoms with Crippen LogP contribution in [0.15, 0.2) is 47.8 Å². The van der Waals surface area contributed by atoms with Gasteiger partial charge in [0.05, 0.1) is 25.2 Å². The molecule has 0 bridgehead atoms. The van der Waals surface area contributed by atoms with Crippen LogP contribution in [-0.4, -0.2) is 35.4 Å². The first-order chi connectivity index (χ1) is 13.3. The molecular weight excluding hydrogens is 340 g/mol. The number of hydrogen-bond acceptors (Lipinski definition) is 5. The standard InChI is InChI=1S/C21H22N4O2/c1-14-7-18(27-12-15-4-6-26-11-15)8-16-10-22-21(24-20(14)16)19-9-17-3-2-5-25(17)13-23-19/h2-3,5,7-10,13,15,21,24H,4,6,11-12H2,1H3. The zero-order valence-electron chi connectivity index (χ0n) is 15.3. The van der Waals surface area contributed by atoms with Crippen LogP contribution in [0, 0.1) is 12.8 Å². The maximum atomic E-state index is 6.00. The molecule has 6 nitrogen and oxygen atoms in total. The van der Waals surface area contributed by atoms with Gasteiger partial charge in [0.2, 0.25) is 0 Å². The molecule has 1 N–H and O–H groups in total. The normalized spacial score (nSPS) is 21.2. The summed E-state index contributed by atoms with van der Waals surface area (Å²) in [6, 6.07) is 10.3. The lowest BCUT2D eigenvalue weighted by atomic mass is 10.1. The van der Waals surface area contributed by atoms with E-state index in [4.69, 9.17) is 9.47 Å². The van der Waals surface area contributed by atoms with E-state index < -0.39 is 0 Å². The molecule has 2 aliphatic heterocycles. The largest absolute Gasteiger partial charge is 0.493 e. The Kier molecular flexibility index (Phi) is 4.05. The maximum Gasteiger partial charge on any atom is 0.161 e. The molecule has 2 aliphatic rings. The van der Waals surface area contributed by atoms with Crippen LogP contribution in [0.1, 0.15) is 29.4 Å². The van der Waals surface area contributed by atoms with Gasteiger partial charge in [-0.1, -0.05) is 0 Å². The van der Waals surface area contributed by atoms with Gasteiger partial charge in [0.1, 0.15) is 5.75 Å². The Balaban J connectivity index is 1.36. The molecule has 138 valence electrons. The number of nitrogens with one attached hydrogen (secondary N) is 1. The molecule has 5 rings (SSSR count). The summed E-state index contributed by atoms with van der Waals surface area (Å²) < 4.78 is 13.4. The van der Waals surface area contributed by atoms with Crippen LogP contribution in [-0.2, 0) is 4.74 Å². The van der Waals surface area contributed by atoms with Gasteiger partial charge in [-0.05, 0) is 49.2 Å². The van der Waals surface area contributed by atoms with E-state index in [2.05, 4.69) is 46.5 Å². The third-order valence-corrected chi connectivity index (χ3v) is 5.21. The minimum Gasteiger partial charge on any atom is -0.493 e. The zero-order chi connectivity index (χ0) is 18.2. The number of aliphatic imine (C=N–C) groups is 1. The van der Waals surface area contributed by atoms with E-state index in [0.29, 0.717) is 12.5 Å². The van der Waals surface area contributed by atoms with E-state index in [1.165, 1.54) is 0 Å². The number of rotatable bonds is 4. The third-order valence-electron chi connectivity index (χ3n) is 5.21. The summed E-state index contributed by atoms with van der Waals surface area (Å²) in [7, 11) is 0. The monoisotopic (exact) mass is 362 g/mol. The molecule has 27 heavy (non-hydrogen) atoms. The number of hydrogen-bond donors (Lipinski definition) is 1. The van der Waals surface area contributed by atoms with E-state index in [9.17, 15) is 0 Å². The molecule has 0 spiro atoms. The van der Waals surface area contributed by atoms with Crippen molar-refractivity contribution in [1.29, 1.82) is 0 Å². The molecule has 4 heterocycles. The van der Waals surface area contributed by atoms with Crippen molar-refractivity contribution in [3.05, 3.63) is 59.7 Å². The minimum absolute atomic E-state index is 0.182. The number of aromatic nitrogens is 2. The number of nitrogens with zero attached hydrogens (tertiary/aromatic N) is 3. The lowest BCUT2D eigenvalue weighted by Gasteiger charge is -2.24. The van der Waals surface area contributed by atoms with Crippen molar-refractivity contribution in [2.24, 2.45) is 10.9 Å². The predicted octanol–water partition coefficient (Wildman–Crippen LogP) is 3.60. The van der Waals surface area contributed by atoms with Crippen LogP contribution in [0.2, 0.25) is 0 Å². The Labute approximate surface area is 157 Å². The average molecular weight is 362 g/mol. The van der Waals surface area contributed by atoms with Crippen molar-refractivity contribution < 1.29 is 9.47 Å². The maximum absolute atomic E-state index is 6.00. The van der Waals surface area contributed by atoms with Gasteiger partial charge in [0, 0.05) is 41.7 Å². The highest BCUT2D eigenvalue weighted by atomic mass is 16.5. The summed E-state index contributed by atoms with van der Waals surface area (Å²) in [6.07, 6.45) is 6.63. The molecule has 0 saturated carbocycles. The van der Waals surface area contributed by atoms with Crippen molar-refractivity contribution in [1.82, 2.24) is 9.38 Å². The summed E-state index contributed by atoms with van der Waals surface area (Å²) in [5, 5.41) is 3.52. The van der Waals surface area contributed by atoms with Crippen LogP contribution >= 0.6 is 0 Å². The van der Waals surface area contributed by atoms with Gasteiger partial charge in [-0.2, -0.15) is 0 Å². The van der Waals surface area contributed by atoms with Crippen molar-refractivity contribution >= 4 is 17.4 Å². The molecule has 0 aliphatic carbocycles. The lowest BCUT2D eigenvalue weighted by molar-refractivity contribution is 0.167. The second kappa shape index (κ2) is 6.70. The Morgan fingerprint density at radius 3 is 3.19 bits per heavy atom. The predicted molar refractivity (Wildman–Crippen MR) is 105 cm³/mol. The first-order valence-electron chi connectivity index (χ1n) is 9.34. The van der Waals surface area contributed by atoms with Crippen LogP contribution in [0.3, 0.4) is 0 Å². The first-order valence-corrected chi connectivity index (χ1v) is 9.34. The summed E-state index contributed by atoms with van der Waals surface area (Å²) in [6.45, 7) is 4.44. The van der Waals surface area contributed by atoms with E-state index in [1.54, 1.807) is 0 Å². The van der Waals surface area contributed by atoms with Crippen LogP contribution in [0.25, 0.3) is 5.52 Å². The van der Waals surface area contributed by atoms with Gasteiger partial charge in [-0.25, -0.2) is 4.98 Å². The smallest absolute Gasteiger partial charge is 0.161 e. The number of benzene rings is 1. The van der Waals surface area contributed by atoms with Crippen LogP contribution in [0.4, 0.5) is 5.69 Å². The Bertz CT molecular complexity index is 1000. The Hall–Kier alpha value is -2.86. The van der Waals surface area contributed by atoms with Crippen molar-refractivity contribution in [2.45, 2.75) is 19.5 Å². The molecule has 1 aromatic carbocycles. The summed E-state index contributed by atoms with van der Waals surface area (Å²) in [5.41, 5.74) is 5.30. The highest BCUT2D eigenvalue weighted by Crippen LogP contribution is 2.33. The fourth-order valence-corrected chi connectivity index (χ4v) is 3.67. The highest BCUT2D eigenvalue weighted by Gasteiger charge is 2.21. The first kappa shape index (κ1) is 16.3. The molecule has 1 saturated heterocycles. The molecular formula is C21H22N4O2. The minimum atomic E-state index is -0.182. The summed E-state index contributed by atoms with van der Waals surface area (Å²) >= 11 is 0. The van der Waals surface area contributed by atoms with Gasteiger partial charge in [0.25, 0.3) is 0 Å². The van der Waals surface area contributed by atoms with E-state index in [1.807, 2.05) is 29.2 Å². The number of aryl methyl sites for hydroxylation is 1. The zero-order valence-corrected chi connectivity index (χ0v) is 15.3. The van der Waals surface area contributed by atoms with Gasteiger partial charge in [-0.3, -0.25) is 4.99 Å². The third kappa shape index (κ3) is 3.17. The number of fused-ring (bicyclic) bond motifs is 2. The average Bonchev–Trinajstić information content (AvgIpc) is 3.37. The van der Waals surface area contributed by atoms with Gasteiger partial charge in [-0.15, -0.1) is 0 Å². The molecule has 0 amide bonds. The summed E-state index contributed by atoms with van der Waals surface area (Å²) in [4.78, 5) is 9.22. The number of ether oxygens (including phenoxy) is 2. The van der Waals surface area contributed by atoms with Gasteiger partial charge < -0.3 is 19.2 Å².